The molecule has 2 aliphatic carbocycles. The molecule has 0 N–H and O–H groups in total. The lowest BCUT2D eigenvalue weighted by Gasteiger charge is -2.35. The summed E-state index contributed by atoms with van der Waals surface area (Å²) in [6, 6.07) is 7.13. The Kier molecular flexibility index (Phi) is 3.36. The standard InChI is InChI=1S/C16H18N2O3S/c19-15-9-22-16(12-3-1-2-4-13(12)18(20)21)17(15)14-8-10-5-6-11(14)7-10/h1-4,10-11,14,16H,5-9H2/t10-,11-,14+,16-/m0/s1. The van der Waals surface area contributed by atoms with E-state index in [-0.39, 0.29) is 27.9 Å². The number of nitrogens with zero attached hydrogens (tertiary/aromatic N) is 2. The maximum absolute atomic E-state index is 12.4. The van der Waals surface area contributed by atoms with Gasteiger partial charge in [0.15, 0.2) is 0 Å². The summed E-state index contributed by atoms with van der Waals surface area (Å²) >= 11 is 1.53. The van der Waals surface area contributed by atoms with Gasteiger partial charge < -0.3 is 4.90 Å². The second kappa shape index (κ2) is 5.26. The zero-order valence-electron chi connectivity index (χ0n) is 12.2. The molecule has 0 radical (unpaired) electrons. The Bertz CT molecular complexity index is 636. The number of hydrogen-bond acceptors (Lipinski definition) is 4. The highest BCUT2D eigenvalue weighted by atomic mass is 32.2. The Morgan fingerprint density at radius 3 is 2.73 bits per heavy atom. The second-order valence-electron chi connectivity index (χ2n) is 6.52. The van der Waals surface area contributed by atoms with Gasteiger partial charge in [0.1, 0.15) is 5.37 Å². The van der Waals surface area contributed by atoms with Gasteiger partial charge >= 0.3 is 0 Å². The van der Waals surface area contributed by atoms with Gasteiger partial charge in [0.2, 0.25) is 5.91 Å². The molecule has 4 atom stereocenters. The molecule has 22 heavy (non-hydrogen) atoms. The number of para-hydroxylation sites is 1. The first-order chi connectivity index (χ1) is 10.6. The number of hydrogen-bond donors (Lipinski definition) is 0. The zero-order valence-corrected chi connectivity index (χ0v) is 13.0. The van der Waals surface area contributed by atoms with Crippen molar-refractivity contribution in [2.45, 2.75) is 37.1 Å². The van der Waals surface area contributed by atoms with E-state index in [4.69, 9.17) is 0 Å². The van der Waals surface area contributed by atoms with E-state index in [0.717, 1.165) is 12.3 Å². The van der Waals surface area contributed by atoms with E-state index in [9.17, 15) is 14.9 Å². The molecule has 0 unspecified atom stereocenters. The largest absolute Gasteiger partial charge is 0.322 e. The number of amides is 1. The highest BCUT2D eigenvalue weighted by Crippen LogP contribution is 2.52. The quantitative estimate of drug-likeness (QED) is 0.633. The summed E-state index contributed by atoms with van der Waals surface area (Å²) in [4.78, 5) is 25.4. The Morgan fingerprint density at radius 1 is 1.23 bits per heavy atom. The predicted molar refractivity (Wildman–Crippen MR) is 84.4 cm³/mol. The van der Waals surface area contributed by atoms with Crippen LogP contribution in [0.5, 0.6) is 0 Å². The number of carbonyl (C=O) groups excluding carboxylic acids is 1. The van der Waals surface area contributed by atoms with Crippen molar-refractivity contribution in [1.29, 1.82) is 0 Å². The van der Waals surface area contributed by atoms with Crippen molar-refractivity contribution in [2.24, 2.45) is 11.8 Å². The molecule has 5 nitrogen and oxygen atoms in total. The van der Waals surface area contributed by atoms with E-state index in [2.05, 4.69) is 0 Å². The number of nitro groups is 1. The van der Waals surface area contributed by atoms with Gasteiger partial charge in [-0.3, -0.25) is 14.9 Å². The van der Waals surface area contributed by atoms with Crippen LogP contribution in [0, 0.1) is 22.0 Å². The van der Waals surface area contributed by atoms with Gasteiger partial charge in [-0.15, -0.1) is 11.8 Å². The van der Waals surface area contributed by atoms with E-state index >= 15 is 0 Å². The van der Waals surface area contributed by atoms with Crippen LogP contribution in [0.25, 0.3) is 0 Å². The summed E-state index contributed by atoms with van der Waals surface area (Å²) in [6.07, 6.45) is 4.79. The molecule has 4 rings (SSSR count). The van der Waals surface area contributed by atoms with Crippen LogP contribution in [0.2, 0.25) is 0 Å². The first-order valence-electron chi connectivity index (χ1n) is 7.81. The van der Waals surface area contributed by atoms with Crippen LogP contribution in [0.4, 0.5) is 5.69 Å². The lowest BCUT2D eigenvalue weighted by Crippen LogP contribution is -2.41. The molecule has 0 spiro atoms. The van der Waals surface area contributed by atoms with Crippen molar-refractivity contribution in [3.8, 4) is 0 Å². The number of benzene rings is 1. The fourth-order valence-corrected chi connectivity index (χ4v) is 5.71. The van der Waals surface area contributed by atoms with Crippen molar-refractivity contribution in [2.75, 3.05) is 5.75 Å². The lowest BCUT2D eigenvalue weighted by molar-refractivity contribution is -0.385. The molecule has 1 amide bonds. The molecular weight excluding hydrogens is 300 g/mol. The number of fused-ring (bicyclic) bond motifs is 2. The van der Waals surface area contributed by atoms with Gasteiger partial charge in [0.25, 0.3) is 5.69 Å². The average molecular weight is 318 g/mol. The van der Waals surface area contributed by atoms with Crippen LogP contribution < -0.4 is 0 Å². The summed E-state index contributed by atoms with van der Waals surface area (Å²) in [5.41, 5.74) is 0.800. The van der Waals surface area contributed by atoms with Crippen LogP contribution in [-0.4, -0.2) is 27.5 Å². The van der Waals surface area contributed by atoms with Gasteiger partial charge in [-0.2, -0.15) is 0 Å². The Morgan fingerprint density at radius 2 is 2.05 bits per heavy atom. The van der Waals surface area contributed by atoms with Crippen LogP contribution in [0.3, 0.4) is 0 Å². The van der Waals surface area contributed by atoms with Crippen molar-refractivity contribution in [3.05, 3.63) is 39.9 Å². The molecule has 1 saturated heterocycles. The maximum Gasteiger partial charge on any atom is 0.275 e. The molecule has 1 heterocycles. The Labute approximate surface area is 133 Å². The van der Waals surface area contributed by atoms with Crippen molar-refractivity contribution < 1.29 is 9.72 Å². The molecule has 1 aromatic carbocycles. The molecule has 3 fully saturated rings. The third-order valence-corrected chi connectivity index (χ3v) is 6.57. The van der Waals surface area contributed by atoms with Crippen LogP contribution in [0.1, 0.15) is 36.6 Å². The van der Waals surface area contributed by atoms with Crippen molar-refractivity contribution in [1.82, 2.24) is 4.90 Å². The topological polar surface area (TPSA) is 63.4 Å². The molecule has 116 valence electrons. The number of nitro benzene ring substituents is 1. The molecule has 6 heteroatoms. The minimum absolute atomic E-state index is 0.128. The van der Waals surface area contributed by atoms with E-state index < -0.39 is 0 Å². The molecule has 2 bridgehead atoms. The smallest absolute Gasteiger partial charge is 0.275 e. The van der Waals surface area contributed by atoms with Gasteiger partial charge in [-0.25, -0.2) is 0 Å². The fraction of sp³-hybridized carbons (Fsp3) is 0.562. The van der Waals surface area contributed by atoms with Gasteiger partial charge in [0.05, 0.1) is 16.2 Å². The summed E-state index contributed by atoms with van der Waals surface area (Å²) in [5.74, 6) is 1.92. The van der Waals surface area contributed by atoms with Crippen molar-refractivity contribution >= 4 is 23.4 Å². The molecule has 1 aliphatic heterocycles. The normalized spacial score (nSPS) is 33.6. The van der Waals surface area contributed by atoms with E-state index in [1.54, 1.807) is 12.1 Å². The van der Waals surface area contributed by atoms with Gasteiger partial charge in [0, 0.05) is 12.1 Å². The third kappa shape index (κ3) is 2.12. The number of rotatable bonds is 3. The predicted octanol–water partition coefficient (Wildman–Crippen LogP) is 3.36. The van der Waals surface area contributed by atoms with E-state index in [1.165, 1.54) is 37.1 Å². The second-order valence-corrected chi connectivity index (χ2v) is 7.59. The molecular formula is C16H18N2O3S. The summed E-state index contributed by atoms with van der Waals surface area (Å²) in [7, 11) is 0. The summed E-state index contributed by atoms with van der Waals surface area (Å²) < 4.78 is 0. The van der Waals surface area contributed by atoms with Gasteiger partial charge in [-0.05, 0) is 37.2 Å². The third-order valence-electron chi connectivity index (χ3n) is 5.36. The van der Waals surface area contributed by atoms with E-state index in [0.29, 0.717) is 17.2 Å². The maximum atomic E-state index is 12.4. The number of thioether (sulfide) groups is 1. The van der Waals surface area contributed by atoms with Crippen LogP contribution in [0.15, 0.2) is 24.3 Å². The van der Waals surface area contributed by atoms with Gasteiger partial charge in [-0.1, -0.05) is 18.6 Å². The Balaban J connectivity index is 1.69. The van der Waals surface area contributed by atoms with Crippen LogP contribution >= 0.6 is 11.8 Å². The highest BCUT2D eigenvalue weighted by Gasteiger charge is 2.49. The van der Waals surface area contributed by atoms with E-state index in [1.807, 2.05) is 11.0 Å². The monoisotopic (exact) mass is 318 g/mol. The first kappa shape index (κ1) is 14.1. The number of carbonyl (C=O) groups is 1. The minimum Gasteiger partial charge on any atom is -0.322 e. The first-order valence-corrected chi connectivity index (χ1v) is 8.86. The SMILES string of the molecule is O=C1CS[C@@H](c2ccccc2[N+](=O)[O-])N1[C@@H]1C[C@H]2CC[C@H]1C2. The zero-order chi connectivity index (χ0) is 15.3. The average Bonchev–Trinajstić information content (AvgIpc) is 3.21. The molecule has 2 saturated carbocycles. The van der Waals surface area contributed by atoms with Crippen molar-refractivity contribution in [3.63, 3.8) is 0 Å². The Hall–Kier alpha value is -1.56. The molecule has 0 aromatic heterocycles. The minimum atomic E-state index is -0.336. The summed E-state index contributed by atoms with van der Waals surface area (Å²) in [6.45, 7) is 0. The summed E-state index contributed by atoms with van der Waals surface area (Å²) in [5, 5.41) is 11.1. The lowest BCUT2D eigenvalue weighted by atomic mass is 9.93. The van der Waals surface area contributed by atoms with Crippen LogP contribution in [-0.2, 0) is 4.79 Å². The molecule has 1 aromatic rings. The molecule has 3 aliphatic rings. The fourth-order valence-electron chi connectivity index (χ4n) is 4.45. The highest BCUT2D eigenvalue weighted by molar-refractivity contribution is 8.00.